The molecule has 0 radical (unpaired) electrons. The monoisotopic (exact) mass is 310 g/mol. The summed E-state index contributed by atoms with van der Waals surface area (Å²) in [6, 6.07) is 9.90. The molecule has 3 heterocycles. The highest BCUT2D eigenvalue weighted by atomic mass is 19.1. The predicted molar refractivity (Wildman–Crippen MR) is 84.4 cm³/mol. The van der Waals surface area contributed by atoms with Crippen molar-refractivity contribution in [3.05, 3.63) is 48.4 Å². The smallest absolute Gasteiger partial charge is 0.259 e. The van der Waals surface area contributed by atoms with Gasteiger partial charge >= 0.3 is 0 Å². The van der Waals surface area contributed by atoms with Crippen molar-refractivity contribution in [2.24, 2.45) is 0 Å². The lowest BCUT2D eigenvalue weighted by molar-refractivity contribution is 0.432. The molecule has 6 heteroatoms. The first-order valence-electron chi connectivity index (χ1n) is 7.61. The van der Waals surface area contributed by atoms with Gasteiger partial charge < -0.3 is 9.42 Å². The second-order valence-electron chi connectivity index (χ2n) is 5.53. The third-order valence-electron chi connectivity index (χ3n) is 3.95. The SMILES string of the molecule is Fc1ccc(-c2noc(-c3ccc(N4CCCC4)nc3)n2)cc1. The van der Waals surface area contributed by atoms with Crippen LogP contribution in [0.25, 0.3) is 22.8 Å². The van der Waals surface area contributed by atoms with E-state index in [2.05, 4.69) is 20.0 Å². The molecule has 5 nitrogen and oxygen atoms in total. The quantitative estimate of drug-likeness (QED) is 0.740. The van der Waals surface area contributed by atoms with Gasteiger partial charge in [-0.2, -0.15) is 4.98 Å². The molecule has 0 saturated carbocycles. The van der Waals surface area contributed by atoms with Gasteiger partial charge in [0.15, 0.2) is 0 Å². The number of benzene rings is 1. The van der Waals surface area contributed by atoms with Crippen molar-refractivity contribution in [1.29, 1.82) is 0 Å². The minimum absolute atomic E-state index is 0.292. The van der Waals surface area contributed by atoms with Crippen LogP contribution in [0.15, 0.2) is 47.1 Å². The van der Waals surface area contributed by atoms with Crippen molar-refractivity contribution in [2.45, 2.75) is 12.8 Å². The summed E-state index contributed by atoms with van der Waals surface area (Å²) in [5.41, 5.74) is 1.48. The van der Waals surface area contributed by atoms with Gasteiger partial charge in [-0.3, -0.25) is 0 Å². The van der Waals surface area contributed by atoms with E-state index >= 15 is 0 Å². The van der Waals surface area contributed by atoms with E-state index < -0.39 is 0 Å². The van der Waals surface area contributed by atoms with E-state index in [9.17, 15) is 4.39 Å². The van der Waals surface area contributed by atoms with E-state index in [4.69, 9.17) is 4.52 Å². The lowest BCUT2D eigenvalue weighted by Gasteiger charge is -2.15. The first-order valence-corrected chi connectivity index (χ1v) is 7.61. The van der Waals surface area contributed by atoms with Crippen molar-refractivity contribution in [2.75, 3.05) is 18.0 Å². The van der Waals surface area contributed by atoms with E-state index in [1.54, 1.807) is 18.3 Å². The molecule has 116 valence electrons. The zero-order chi connectivity index (χ0) is 15.6. The van der Waals surface area contributed by atoms with Crippen molar-refractivity contribution in [3.8, 4) is 22.8 Å². The Kier molecular flexibility index (Phi) is 3.49. The van der Waals surface area contributed by atoms with Crippen molar-refractivity contribution < 1.29 is 8.91 Å². The molecule has 0 atom stereocenters. The number of anilines is 1. The summed E-state index contributed by atoms with van der Waals surface area (Å²) in [5, 5.41) is 3.95. The Morgan fingerprint density at radius 3 is 2.39 bits per heavy atom. The number of pyridine rings is 1. The molecule has 0 aliphatic carbocycles. The van der Waals surface area contributed by atoms with E-state index in [-0.39, 0.29) is 5.82 Å². The highest BCUT2D eigenvalue weighted by Gasteiger charge is 2.15. The van der Waals surface area contributed by atoms with E-state index in [1.807, 2.05) is 12.1 Å². The zero-order valence-corrected chi connectivity index (χ0v) is 12.4. The summed E-state index contributed by atoms with van der Waals surface area (Å²) in [4.78, 5) is 11.1. The molecule has 0 spiro atoms. The highest BCUT2D eigenvalue weighted by molar-refractivity contribution is 5.60. The molecule has 0 amide bonds. The van der Waals surface area contributed by atoms with Gasteiger partial charge in [-0.15, -0.1) is 0 Å². The molecular weight excluding hydrogens is 295 g/mol. The van der Waals surface area contributed by atoms with Gasteiger partial charge in [0.1, 0.15) is 11.6 Å². The predicted octanol–water partition coefficient (Wildman–Crippen LogP) is 3.54. The standard InChI is InChI=1S/C17H15FN4O/c18-14-6-3-12(4-7-14)16-20-17(23-21-16)13-5-8-15(19-11-13)22-9-1-2-10-22/h3-8,11H,1-2,9-10H2. The Balaban J connectivity index is 1.57. The number of hydrogen-bond donors (Lipinski definition) is 0. The van der Waals surface area contributed by atoms with E-state index in [1.165, 1.54) is 25.0 Å². The van der Waals surface area contributed by atoms with Crippen molar-refractivity contribution in [1.82, 2.24) is 15.1 Å². The Morgan fingerprint density at radius 2 is 1.70 bits per heavy atom. The maximum absolute atomic E-state index is 13.0. The fraction of sp³-hybridized carbons (Fsp3) is 0.235. The molecule has 1 fully saturated rings. The summed E-state index contributed by atoms with van der Waals surface area (Å²) in [6.07, 6.45) is 4.18. The Hall–Kier alpha value is -2.76. The summed E-state index contributed by atoms with van der Waals surface area (Å²) in [7, 11) is 0. The molecule has 0 unspecified atom stereocenters. The van der Waals surface area contributed by atoms with Crippen LogP contribution < -0.4 is 4.90 Å². The molecule has 1 aliphatic heterocycles. The molecule has 4 rings (SSSR count). The summed E-state index contributed by atoms with van der Waals surface area (Å²) < 4.78 is 18.3. The Morgan fingerprint density at radius 1 is 0.957 bits per heavy atom. The van der Waals surface area contributed by atoms with Crippen LogP contribution in [0.4, 0.5) is 10.2 Å². The van der Waals surface area contributed by atoms with Crippen LogP contribution in [0.5, 0.6) is 0 Å². The van der Waals surface area contributed by atoms with Crippen LogP contribution in [0.1, 0.15) is 12.8 Å². The second-order valence-corrected chi connectivity index (χ2v) is 5.53. The zero-order valence-electron chi connectivity index (χ0n) is 12.4. The normalized spacial score (nSPS) is 14.4. The lowest BCUT2D eigenvalue weighted by Crippen LogP contribution is -2.18. The second kappa shape index (κ2) is 5.79. The largest absolute Gasteiger partial charge is 0.357 e. The number of rotatable bonds is 3. The van der Waals surface area contributed by atoms with Crippen LogP contribution in [-0.4, -0.2) is 28.2 Å². The van der Waals surface area contributed by atoms with Gasteiger partial charge in [-0.1, -0.05) is 5.16 Å². The molecule has 23 heavy (non-hydrogen) atoms. The van der Waals surface area contributed by atoms with Crippen molar-refractivity contribution in [3.63, 3.8) is 0 Å². The van der Waals surface area contributed by atoms with E-state index in [0.717, 1.165) is 24.5 Å². The van der Waals surface area contributed by atoms with E-state index in [0.29, 0.717) is 17.3 Å². The lowest BCUT2D eigenvalue weighted by atomic mass is 10.2. The van der Waals surface area contributed by atoms with Crippen LogP contribution in [0.2, 0.25) is 0 Å². The van der Waals surface area contributed by atoms with Gasteiger partial charge in [-0.05, 0) is 49.2 Å². The molecule has 1 saturated heterocycles. The molecule has 2 aromatic heterocycles. The number of nitrogens with zero attached hydrogens (tertiary/aromatic N) is 4. The Labute approximate surface area is 132 Å². The maximum Gasteiger partial charge on any atom is 0.259 e. The molecule has 1 aliphatic rings. The fourth-order valence-corrected chi connectivity index (χ4v) is 2.70. The maximum atomic E-state index is 13.0. The van der Waals surface area contributed by atoms with Crippen LogP contribution in [0.3, 0.4) is 0 Å². The van der Waals surface area contributed by atoms with Crippen LogP contribution >= 0.6 is 0 Å². The topological polar surface area (TPSA) is 55.1 Å². The van der Waals surface area contributed by atoms with Crippen LogP contribution in [0, 0.1) is 5.82 Å². The molecule has 1 aromatic carbocycles. The van der Waals surface area contributed by atoms with Gasteiger partial charge in [0.2, 0.25) is 5.82 Å². The van der Waals surface area contributed by atoms with Gasteiger partial charge in [0, 0.05) is 24.8 Å². The van der Waals surface area contributed by atoms with Gasteiger partial charge in [0.25, 0.3) is 5.89 Å². The Bertz CT molecular complexity index is 792. The molecule has 0 bridgehead atoms. The average Bonchev–Trinajstić information content (AvgIpc) is 3.28. The average molecular weight is 310 g/mol. The molecular formula is C17H15FN4O. The first-order chi connectivity index (χ1) is 11.3. The summed E-state index contributed by atoms with van der Waals surface area (Å²) in [6.45, 7) is 2.11. The van der Waals surface area contributed by atoms with Gasteiger partial charge in [0.05, 0.1) is 5.56 Å². The minimum atomic E-state index is -0.292. The number of hydrogen-bond acceptors (Lipinski definition) is 5. The fourth-order valence-electron chi connectivity index (χ4n) is 2.70. The third-order valence-corrected chi connectivity index (χ3v) is 3.95. The number of halogens is 1. The minimum Gasteiger partial charge on any atom is -0.357 e. The third kappa shape index (κ3) is 2.79. The number of aromatic nitrogens is 3. The van der Waals surface area contributed by atoms with Crippen LogP contribution in [-0.2, 0) is 0 Å². The highest BCUT2D eigenvalue weighted by Crippen LogP contribution is 2.24. The summed E-state index contributed by atoms with van der Waals surface area (Å²) >= 11 is 0. The van der Waals surface area contributed by atoms with Gasteiger partial charge in [-0.25, -0.2) is 9.37 Å². The molecule has 3 aromatic rings. The van der Waals surface area contributed by atoms with Crippen molar-refractivity contribution >= 4 is 5.82 Å². The molecule has 0 N–H and O–H groups in total. The summed E-state index contributed by atoms with van der Waals surface area (Å²) in [5.74, 6) is 1.53. The first kappa shape index (κ1) is 13.9.